The van der Waals surface area contributed by atoms with Crippen LogP contribution in [-0.4, -0.2) is 38.4 Å². The van der Waals surface area contributed by atoms with Crippen molar-refractivity contribution in [2.45, 2.75) is 36.6 Å². The molecule has 4 nitrogen and oxygen atoms in total. The minimum atomic E-state index is -3.70. The van der Waals surface area contributed by atoms with Crippen molar-refractivity contribution in [1.82, 2.24) is 9.62 Å². The molecule has 0 amide bonds. The summed E-state index contributed by atoms with van der Waals surface area (Å²) >= 11 is 0. The molecule has 1 N–H and O–H groups in total. The smallest absolute Gasteiger partial charge is 0.245 e. The molecule has 0 spiro atoms. The summed E-state index contributed by atoms with van der Waals surface area (Å²) in [5.74, 6) is 0.150. The summed E-state index contributed by atoms with van der Waals surface area (Å²) in [6.07, 6.45) is 4.21. The summed E-state index contributed by atoms with van der Waals surface area (Å²) in [6.45, 7) is 1.96. The van der Waals surface area contributed by atoms with Crippen molar-refractivity contribution in [3.63, 3.8) is 0 Å². The van der Waals surface area contributed by atoms with Crippen molar-refractivity contribution >= 4 is 10.0 Å². The Bertz CT molecular complexity index is 593. The van der Waals surface area contributed by atoms with E-state index in [0.29, 0.717) is 19.1 Å². The van der Waals surface area contributed by atoms with Gasteiger partial charge in [-0.05, 0) is 50.3 Å². The number of hydrogen-bond donors (Lipinski definition) is 1. The fourth-order valence-corrected chi connectivity index (χ4v) is 4.28. The van der Waals surface area contributed by atoms with Crippen LogP contribution in [0.3, 0.4) is 0 Å². The Balaban J connectivity index is 1.61. The van der Waals surface area contributed by atoms with Crippen molar-refractivity contribution in [1.29, 1.82) is 0 Å². The number of halogens is 1. The number of piperidine rings is 1. The van der Waals surface area contributed by atoms with Crippen molar-refractivity contribution in [3.8, 4) is 0 Å². The molecule has 0 atom stereocenters. The fraction of sp³-hybridized carbons (Fsp3) is 0.600. The van der Waals surface area contributed by atoms with Crippen LogP contribution in [0.5, 0.6) is 0 Å². The summed E-state index contributed by atoms with van der Waals surface area (Å²) < 4.78 is 40.0. The summed E-state index contributed by atoms with van der Waals surface area (Å²) in [7, 11) is -3.70. The molecule has 2 fully saturated rings. The standard InChI is InChI=1S/C15H21FN2O2S/c16-14-3-1-2-4-15(14)21(19,20)18-9-7-13(8-10-18)17-11-12-5-6-12/h1-4,12-13,17H,5-11H2. The van der Waals surface area contributed by atoms with Gasteiger partial charge in [0.1, 0.15) is 10.7 Å². The van der Waals surface area contributed by atoms with Gasteiger partial charge in [0.2, 0.25) is 10.0 Å². The van der Waals surface area contributed by atoms with E-state index in [9.17, 15) is 12.8 Å². The summed E-state index contributed by atoms with van der Waals surface area (Å²) in [5.41, 5.74) is 0. The van der Waals surface area contributed by atoms with Crippen molar-refractivity contribution < 1.29 is 12.8 Å². The van der Waals surface area contributed by atoms with Gasteiger partial charge in [-0.25, -0.2) is 12.8 Å². The van der Waals surface area contributed by atoms with E-state index in [0.717, 1.165) is 25.3 Å². The van der Waals surface area contributed by atoms with Crippen LogP contribution in [0.25, 0.3) is 0 Å². The van der Waals surface area contributed by atoms with Crippen molar-refractivity contribution in [2.24, 2.45) is 5.92 Å². The highest BCUT2D eigenvalue weighted by atomic mass is 32.2. The van der Waals surface area contributed by atoms with Crippen molar-refractivity contribution in [3.05, 3.63) is 30.1 Å². The third-order valence-electron chi connectivity index (χ3n) is 4.30. The number of nitrogens with zero attached hydrogens (tertiary/aromatic N) is 1. The minimum Gasteiger partial charge on any atom is -0.314 e. The van der Waals surface area contributed by atoms with Gasteiger partial charge in [0.05, 0.1) is 0 Å². The Morgan fingerprint density at radius 2 is 1.81 bits per heavy atom. The van der Waals surface area contributed by atoms with Crippen LogP contribution in [0.15, 0.2) is 29.2 Å². The van der Waals surface area contributed by atoms with Gasteiger partial charge in [-0.3, -0.25) is 0 Å². The van der Waals surface area contributed by atoms with E-state index in [-0.39, 0.29) is 4.90 Å². The second-order valence-electron chi connectivity index (χ2n) is 5.96. The molecule has 2 aliphatic rings. The Kier molecular flexibility index (Phi) is 4.28. The second kappa shape index (κ2) is 6.02. The Hall–Kier alpha value is -0.980. The lowest BCUT2D eigenvalue weighted by Gasteiger charge is -2.31. The molecule has 0 bridgehead atoms. The molecular weight excluding hydrogens is 291 g/mol. The topological polar surface area (TPSA) is 49.4 Å². The highest BCUT2D eigenvalue weighted by Crippen LogP contribution is 2.28. The molecule has 1 aromatic carbocycles. The summed E-state index contributed by atoms with van der Waals surface area (Å²) in [6, 6.07) is 5.97. The Morgan fingerprint density at radius 3 is 2.43 bits per heavy atom. The lowest BCUT2D eigenvalue weighted by atomic mass is 10.1. The first kappa shape index (κ1) is 14.9. The largest absolute Gasteiger partial charge is 0.314 e. The van der Waals surface area contributed by atoms with E-state index in [1.807, 2.05) is 0 Å². The van der Waals surface area contributed by atoms with Crippen LogP contribution in [0.1, 0.15) is 25.7 Å². The van der Waals surface area contributed by atoms with Gasteiger partial charge in [0.15, 0.2) is 0 Å². The fourth-order valence-electron chi connectivity index (χ4n) is 2.75. The van der Waals surface area contributed by atoms with Crippen LogP contribution in [0, 0.1) is 11.7 Å². The molecule has 3 rings (SSSR count). The summed E-state index contributed by atoms with van der Waals surface area (Å²) in [5, 5.41) is 3.51. The normalized spacial score (nSPS) is 21.6. The van der Waals surface area contributed by atoms with E-state index in [1.54, 1.807) is 6.07 Å². The van der Waals surface area contributed by atoms with Crippen LogP contribution in [0.2, 0.25) is 0 Å². The molecular formula is C15H21FN2O2S. The number of nitrogens with one attached hydrogen (secondary N) is 1. The SMILES string of the molecule is O=S(=O)(c1ccccc1F)N1CCC(NCC2CC2)CC1. The predicted molar refractivity (Wildman–Crippen MR) is 78.9 cm³/mol. The number of benzene rings is 1. The third-order valence-corrected chi connectivity index (χ3v) is 6.23. The first-order valence-corrected chi connectivity index (χ1v) is 8.99. The van der Waals surface area contributed by atoms with Gasteiger partial charge in [-0.2, -0.15) is 4.31 Å². The highest BCUT2D eigenvalue weighted by Gasteiger charge is 2.31. The maximum Gasteiger partial charge on any atom is 0.245 e. The van der Waals surface area contributed by atoms with Gasteiger partial charge in [0, 0.05) is 19.1 Å². The molecule has 0 aromatic heterocycles. The first-order valence-electron chi connectivity index (χ1n) is 7.55. The maximum atomic E-state index is 13.7. The zero-order valence-electron chi connectivity index (χ0n) is 12.0. The lowest BCUT2D eigenvalue weighted by Crippen LogP contribution is -2.45. The molecule has 6 heteroatoms. The van der Waals surface area contributed by atoms with Gasteiger partial charge in [-0.15, -0.1) is 0 Å². The summed E-state index contributed by atoms with van der Waals surface area (Å²) in [4.78, 5) is -0.214. The predicted octanol–water partition coefficient (Wildman–Crippen LogP) is 1.98. The zero-order valence-corrected chi connectivity index (χ0v) is 12.8. The average Bonchev–Trinajstić information content (AvgIpc) is 3.30. The molecule has 1 heterocycles. The van der Waals surface area contributed by atoms with E-state index in [2.05, 4.69) is 5.32 Å². The highest BCUT2D eigenvalue weighted by molar-refractivity contribution is 7.89. The van der Waals surface area contributed by atoms with E-state index >= 15 is 0 Å². The molecule has 1 aliphatic carbocycles. The zero-order chi connectivity index (χ0) is 14.9. The second-order valence-corrected chi connectivity index (χ2v) is 7.87. The third kappa shape index (κ3) is 3.44. The molecule has 21 heavy (non-hydrogen) atoms. The molecule has 1 aromatic rings. The molecule has 0 radical (unpaired) electrons. The molecule has 1 saturated carbocycles. The number of hydrogen-bond acceptors (Lipinski definition) is 3. The number of rotatable bonds is 5. The van der Waals surface area contributed by atoms with Gasteiger partial charge >= 0.3 is 0 Å². The minimum absolute atomic E-state index is 0.214. The monoisotopic (exact) mass is 312 g/mol. The molecule has 0 unspecified atom stereocenters. The van der Waals surface area contributed by atoms with E-state index < -0.39 is 15.8 Å². The van der Waals surface area contributed by atoms with Crippen LogP contribution < -0.4 is 5.32 Å². The molecule has 1 saturated heterocycles. The van der Waals surface area contributed by atoms with Gasteiger partial charge < -0.3 is 5.32 Å². The van der Waals surface area contributed by atoms with Crippen molar-refractivity contribution in [2.75, 3.05) is 19.6 Å². The molecule has 116 valence electrons. The maximum absolute atomic E-state index is 13.7. The van der Waals surface area contributed by atoms with Crippen LogP contribution >= 0.6 is 0 Å². The quantitative estimate of drug-likeness (QED) is 0.904. The molecule has 1 aliphatic heterocycles. The Morgan fingerprint density at radius 1 is 1.14 bits per heavy atom. The van der Waals surface area contributed by atoms with E-state index in [4.69, 9.17) is 0 Å². The van der Waals surface area contributed by atoms with Crippen LogP contribution in [-0.2, 0) is 10.0 Å². The lowest BCUT2D eigenvalue weighted by molar-refractivity contribution is 0.287. The Labute approximate surface area is 125 Å². The first-order chi connectivity index (χ1) is 10.1. The van der Waals surface area contributed by atoms with Crippen LogP contribution in [0.4, 0.5) is 4.39 Å². The van der Waals surface area contributed by atoms with Gasteiger partial charge in [-0.1, -0.05) is 12.1 Å². The van der Waals surface area contributed by atoms with E-state index in [1.165, 1.54) is 35.3 Å². The van der Waals surface area contributed by atoms with Gasteiger partial charge in [0.25, 0.3) is 0 Å². The number of sulfonamides is 1. The average molecular weight is 312 g/mol.